The lowest BCUT2D eigenvalue weighted by atomic mass is 9.86. The first-order valence-corrected chi connectivity index (χ1v) is 7.87. The third-order valence-corrected chi connectivity index (χ3v) is 4.65. The standard InChI is InChI=1S/C16H18ClN3O2/c17-13-8-12-10(5-6-19-16(12)22)7-14(13)20-15(21)9-1-3-11(18)4-2-9/h5-9,11H,1-4,18H2,(H,19,22)(H,20,21)/p+1. The number of amides is 1. The largest absolute Gasteiger partial charge is 0.355 e. The zero-order chi connectivity index (χ0) is 15.7. The molecule has 1 amide bonds. The third-order valence-electron chi connectivity index (χ3n) is 4.34. The number of pyridine rings is 1. The molecule has 116 valence electrons. The molecule has 1 aromatic carbocycles. The molecule has 1 aliphatic rings. The second-order valence-electron chi connectivity index (χ2n) is 5.93. The number of fused-ring (bicyclic) bond motifs is 1. The highest BCUT2D eigenvalue weighted by Gasteiger charge is 2.26. The Balaban J connectivity index is 1.83. The van der Waals surface area contributed by atoms with E-state index in [4.69, 9.17) is 11.6 Å². The summed E-state index contributed by atoms with van der Waals surface area (Å²) in [5.74, 6) is 0.0157. The summed E-state index contributed by atoms with van der Waals surface area (Å²) in [7, 11) is 0. The van der Waals surface area contributed by atoms with Crippen molar-refractivity contribution >= 4 is 34.0 Å². The van der Waals surface area contributed by atoms with Gasteiger partial charge in [-0.25, -0.2) is 0 Å². The number of benzene rings is 1. The van der Waals surface area contributed by atoms with Crippen molar-refractivity contribution in [2.45, 2.75) is 31.7 Å². The molecule has 5 nitrogen and oxygen atoms in total. The molecule has 0 unspecified atom stereocenters. The van der Waals surface area contributed by atoms with Gasteiger partial charge < -0.3 is 16.0 Å². The van der Waals surface area contributed by atoms with Gasteiger partial charge in [0.25, 0.3) is 5.56 Å². The lowest BCUT2D eigenvalue weighted by Crippen LogP contribution is -2.62. The van der Waals surface area contributed by atoms with Crippen LogP contribution in [0.3, 0.4) is 0 Å². The topological polar surface area (TPSA) is 89.6 Å². The van der Waals surface area contributed by atoms with Gasteiger partial charge in [0, 0.05) is 17.5 Å². The second-order valence-corrected chi connectivity index (χ2v) is 6.34. The number of anilines is 1. The van der Waals surface area contributed by atoms with E-state index in [1.165, 1.54) is 0 Å². The summed E-state index contributed by atoms with van der Waals surface area (Å²) in [6, 6.07) is 5.59. The van der Waals surface area contributed by atoms with Gasteiger partial charge in [-0.2, -0.15) is 0 Å². The number of nitrogens with one attached hydrogen (secondary N) is 2. The number of halogens is 1. The van der Waals surface area contributed by atoms with Gasteiger partial charge in [0.05, 0.1) is 16.8 Å². The molecule has 2 aromatic rings. The van der Waals surface area contributed by atoms with Crippen LogP contribution in [0, 0.1) is 5.92 Å². The predicted octanol–water partition coefficient (Wildman–Crippen LogP) is 1.92. The van der Waals surface area contributed by atoms with Gasteiger partial charge in [0.15, 0.2) is 0 Å². The molecule has 5 N–H and O–H groups in total. The van der Waals surface area contributed by atoms with E-state index >= 15 is 0 Å². The van der Waals surface area contributed by atoms with Crippen LogP contribution in [0.4, 0.5) is 5.69 Å². The van der Waals surface area contributed by atoms with Gasteiger partial charge in [-0.15, -0.1) is 0 Å². The number of hydrogen-bond donors (Lipinski definition) is 3. The minimum absolute atomic E-state index is 0.00186. The molecule has 0 spiro atoms. The van der Waals surface area contributed by atoms with Crippen molar-refractivity contribution in [3.05, 3.63) is 39.8 Å². The highest BCUT2D eigenvalue weighted by atomic mass is 35.5. The molecule has 6 heteroatoms. The highest BCUT2D eigenvalue weighted by Crippen LogP contribution is 2.29. The zero-order valence-corrected chi connectivity index (χ0v) is 13.0. The summed E-state index contributed by atoms with van der Waals surface area (Å²) in [5.41, 5.74) is 4.41. The van der Waals surface area contributed by atoms with Gasteiger partial charge in [-0.05, 0) is 49.3 Å². The SMILES string of the molecule is [NH3+]C1CCC(C(=O)Nc2cc3cc[nH]c(=O)c3cc2Cl)CC1. The van der Waals surface area contributed by atoms with Crippen LogP contribution in [0.2, 0.25) is 5.02 Å². The molecule has 1 aliphatic carbocycles. The van der Waals surface area contributed by atoms with E-state index in [1.807, 2.05) is 0 Å². The number of carbonyl (C=O) groups is 1. The van der Waals surface area contributed by atoms with Crippen LogP contribution in [0.1, 0.15) is 25.7 Å². The average Bonchev–Trinajstić information content (AvgIpc) is 2.50. The normalized spacial score (nSPS) is 21.7. The maximum Gasteiger partial charge on any atom is 0.255 e. The Kier molecular flexibility index (Phi) is 4.18. The third kappa shape index (κ3) is 3.00. The summed E-state index contributed by atoms with van der Waals surface area (Å²) in [5, 5.41) is 4.55. The Morgan fingerprint density at radius 3 is 2.73 bits per heavy atom. The summed E-state index contributed by atoms with van der Waals surface area (Å²) >= 11 is 6.20. The minimum Gasteiger partial charge on any atom is -0.355 e. The first-order chi connectivity index (χ1) is 10.5. The lowest BCUT2D eigenvalue weighted by Gasteiger charge is -2.23. The van der Waals surface area contributed by atoms with E-state index in [0.29, 0.717) is 22.1 Å². The van der Waals surface area contributed by atoms with Gasteiger partial charge in [-0.3, -0.25) is 9.59 Å². The van der Waals surface area contributed by atoms with Crippen LogP contribution in [0.5, 0.6) is 0 Å². The first-order valence-electron chi connectivity index (χ1n) is 7.49. The van der Waals surface area contributed by atoms with Gasteiger partial charge in [-0.1, -0.05) is 11.6 Å². The van der Waals surface area contributed by atoms with Crippen LogP contribution in [-0.2, 0) is 4.79 Å². The molecule has 0 bridgehead atoms. The fourth-order valence-electron chi connectivity index (χ4n) is 2.96. The molecule has 1 saturated carbocycles. The molecule has 1 aromatic heterocycles. The second kappa shape index (κ2) is 6.10. The number of aromatic amines is 1. The molecule has 1 heterocycles. The van der Waals surface area contributed by atoms with E-state index < -0.39 is 0 Å². The lowest BCUT2D eigenvalue weighted by molar-refractivity contribution is -0.426. The fourth-order valence-corrected chi connectivity index (χ4v) is 3.18. The number of H-pyrrole nitrogens is 1. The smallest absolute Gasteiger partial charge is 0.255 e. The summed E-state index contributed by atoms with van der Waals surface area (Å²) in [6.07, 6.45) is 5.28. The molecular weight excluding hydrogens is 302 g/mol. The Hall–Kier alpha value is -1.85. The van der Waals surface area contributed by atoms with Crippen LogP contribution >= 0.6 is 11.6 Å². The molecule has 0 aliphatic heterocycles. The highest BCUT2D eigenvalue weighted by molar-refractivity contribution is 6.34. The van der Waals surface area contributed by atoms with Crippen molar-refractivity contribution in [3.8, 4) is 0 Å². The molecule has 0 atom stereocenters. The maximum absolute atomic E-state index is 12.4. The van der Waals surface area contributed by atoms with Crippen molar-refractivity contribution in [2.75, 3.05) is 5.32 Å². The number of hydrogen-bond acceptors (Lipinski definition) is 2. The van der Waals surface area contributed by atoms with Crippen molar-refractivity contribution in [3.63, 3.8) is 0 Å². The molecule has 22 heavy (non-hydrogen) atoms. The van der Waals surface area contributed by atoms with Crippen LogP contribution in [0.25, 0.3) is 10.8 Å². The summed E-state index contributed by atoms with van der Waals surface area (Å²) in [4.78, 5) is 26.7. The van der Waals surface area contributed by atoms with Crippen molar-refractivity contribution in [2.24, 2.45) is 5.92 Å². The molecule has 0 saturated heterocycles. The van der Waals surface area contributed by atoms with Crippen LogP contribution in [0.15, 0.2) is 29.2 Å². The van der Waals surface area contributed by atoms with E-state index in [2.05, 4.69) is 16.0 Å². The van der Waals surface area contributed by atoms with Crippen LogP contribution < -0.4 is 16.6 Å². The molecule has 1 fully saturated rings. The fraction of sp³-hybridized carbons (Fsp3) is 0.375. The van der Waals surface area contributed by atoms with Crippen molar-refractivity contribution in [1.29, 1.82) is 0 Å². The van der Waals surface area contributed by atoms with Gasteiger partial charge >= 0.3 is 0 Å². The number of carbonyl (C=O) groups excluding carboxylic acids is 1. The molecule has 3 rings (SSSR count). The van der Waals surface area contributed by atoms with E-state index in [1.54, 1.807) is 24.4 Å². The quantitative estimate of drug-likeness (QED) is 0.789. The van der Waals surface area contributed by atoms with Crippen LogP contribution in [-0.4, -0.2) is 16.9 Å². The van der Waals surface area contributed by atoms with E-state index in [0.717, 1.165) is 31.1 Å². The summed E-state index contributed by atoms with van der Waals surface area (Å²) in [6.45, 7) is 0. The zero-order valence-electron chi connectivity index (χ0n) is 12.2. The van der Waals surface area contributed by atoms with Crippen molar-refractivity contribution in [1.82, 2.24) is 4.98 Å². The summed E-state index contributed by atoms with van der Waals surface area (Å²) < 4.78 is 0. The Labute approximate surface area is 132 Å². The number of quaternary nitrogens is 1. The van der Waals surface area contributed by atoms with E-state index in [-0.39, 0.29) is 17.4 Å². The Morgan fingerprint density at radius 1 is 1.27 bits per heavy atom. The first kappa shape index (κ1) is 15.1. The Morgan fingerprint density at radius 2 is 2.00 bits per heavy atom. The average molecular weight is 321 g/mol. The minimum atomic E-state index is -0.189. The van der Waals surface area contributed by atoms with Gasteiger partial charge in [0.2, 0.25) is 5.91 Å². The number of rotatable bonds is 2. The van der Waals surface area contributed by atoms with E-state index in [9.17, 15) is 9.59 Å². The monoisotopic (exact) mass is 320 g/mol. The predicted molar refractivity (Wildman–Crippen MR) is 86.8 cm³/mol. The maximum atomic E-state index is 12.4. The molecular formula is C16H19ClN3O2+. The number of aromatic nitrogens is 1. The Bertz CT molecular complexity index is 764. The van der Waals surface area contributed by atoms with Gasteiger partial charge in [0.1, 0.15) is 0 Å². The van der Waals surface area contributed by atoms with Crippen molar-refractivity contribution < 1.29 is 10.5 Å². The molecule has 0 radical (unpaired) electrons.